The van der Waals surface area contributed by atoms with E-state index in [4.69, 9.17) is 10.5 Å². The second kappa shape index (κ2) is 4.10. The number of aliphatic imine (C=N–C) groups is 1. The van der Waals surface area contributed by atoms with Crippen LogP contribution in [0.5, 0.6) is 0 Å². The standard InChI is InChI=1S/C7H13N3O/c1-11-7-9-4-2-5-10(7)6-3-8/h2,4-5,7H,3,6,8H2,1H3. The van der Waals surface area contributed by atoms with E-state index in [2.05, 4.69) is 4.99 Å². The largest absolute Gasteiger partial charge is 0.342 e. The maximum Gasteiger partial charge on any atom is 0.227 e. The smallest absolute Gasteiger partial charge is 0.227 e. The van der Waals surface area contributed by atoms with Crippen LogP contribution in [0.1, 0.15) is 0 Å². The normalized spacial score (nSPS) is 22.7. The molecule has 2 N–H and O–H groups in total. The van der Waals surface area contributed by atoms with Crippen LogP contribution in [0.25, 0.3) is 0 Å². The highest BCUT2D eigenvalue weighted by Gasteiger charge is 2.12. The van der Waals surface area contributed by atoms with Crippen molar-refractivity contribution in [3.05, 3.63) is 12.3 Å². The van der Waals surface area contributed by atoms with Crippen molar-refractivity contribution < 1.29 is 4.74 Å². The van der Waals surface area contributed by atoms with Gasteiger partial charge < -0.3 is 15.4 Å². The molecule has 0 aliphatic carbocycles. The molecule has 11 heavy (non-hydrogen) atoms. The molecule has 1 atom stereocenters. The lowest BCUT2D eigenvalue weighted by Crippen LogP contribution is -2.36. The van der Waals surface area contributed by atoms with Crippen LogP contribution in [0.15, 0.2) is 17.3 Å². The van der Waals surface area contributed by atoms with Gasteiger partial charge in [0.25, 0.3) is 0 Å². The number of nitrogens with two attached hydrogens (primary N) is 1. The molecule has 0 amide bonds. The van der Waals surface area contributed by atoms with E-state index in [0.29, 0.717) is 6.54 Å². The van der Waals surface area contributed by atoms with Crippen LogP contribution in [-0.4, -0.2) is 37.7 Å². The van der Waals surface area contributed by atoms with Gasteiger partial charge in [-0.05, 0) is 6.08 Å². The zero-order valence-electron chi connectivity index (χ0n) is 6.60. The fraction of sp³-hybridized carbons (Fsp3) is 0.571. The predicted octanol–water partition coefficient (Wildman–Crippen LogP) is -0.225. The van der Waals surface area contributed by atoms with Gasteiger partial charge in [-0.15, -0.1) is 0 Å². The number of nitrogens with zero attached hydrogens (tertiary/aromatic N) is 2. The highest BCUT2D eigenvalue weighted by molar-refractivity contribution is 5.71. The number of allylic oxidation sites excluding steroid dienone is 1. The van der Waals surface area contributed by atoms with E-state index in [0.717, 1.165) is 6.54 Å². The van der Waals surface area contributed by atoms with Crippen molar-refractivity contribution in [1.82, 2.24) is 4.90 Å². The van der Waals surface area contributed by atoms with Crippen molar-refractivity contribution in [2.45, 2.75) is 6.35 Å². The van der Waals surface area contributed by atoms with E-state index < -0.39 is 0 Å². The van der Waals surface area contributed by atoms with Crippen LogP contribution in [0.2, 0.25) is 0 Å². The highest BCUT2D eigenvalue weighted by atomic mass is 16.5. The van der Waals surface area contributed by atoms with Crippen LogP contribution in [-0.2, 0) is 4.74 Å². The Morgan fingerprint density at radius 3 is 3.18 bits per heavy atom. The lowest BCUT2D eigenvalue weighted by Gasteiger charge is -2.27. The van der Waals surface area contributed by atoms with E-state index in [-0.39, 0.29) is 6.35 Å². The Morgan fingerprint density at radius 2 is 2.55 bits per heavy atom. The molecule has 0 spiro atoms. The van der Waals surface area contributed by atoms with Gasteiger partial charge in [-0.3, -0.25) is 0 Å². The summed E-state index contributed by atoms with van der Waals surface area (Å²) in [4.78, 5) is 6.03. The molecule has 0 aromatic heterocycles. The fourth-order valence-electron chi connectivity index (χ4n) is 0.962. The third-order valence-corrected chi connectivity index (χ3v) is 1.46. The van der Waals surface area contributed by atoms with E-state index in [1.54, 1.807) is 13.3 Å². The van der Waals surface area contributed by atoms with E-state index in [1.807, 2.05) is 17.2 Å². The molecule has 1 unspecified atom stereocenters. The molecule has 0 saturated carbocycles. The van der Waals surface area contributed by atoms with E-state index in [1.165, 1.54) is 0 Å². The molecule has 0 radical (unpaired) electrons. The lowest BCUT2D eigenvalue weighted by molar-refractivity contribution is 0.00262. The Morgan fingerprint density at radius 1 is 1.73 bits per heavy atom. The molecule has 1 aliphatic heterocycles. The Balaban J connectivity index is 2.48. The summed E-state index contributed by atoms with van der Waals surface area (Å²) in [6.45, 7) is 1.38. The Hall–Kier alpha value is -0.870. The first-order valence-corrected chi connectivity index (χ1v) is 3.57. The molecule has 62 valence electrons. The van der Waals surface area contributed by atoms with Crippen LogP contribution < -0.4 is 5.73 Å². The third-order valence-electron chi connectivity index (χ3n) is 1.46. The number of methoxy groups -OCH3 is 1. The summed E-state index contributed by atoms with van der Waals surface area (Å²) >= 11 is 0. The predicted molar refractivity (Wildman–Crippen MR) is 44.2 cm³/mol. The SMILES string of the molecule is COC1N=CC=CN1CCN. The minimum atomic E-state index is -0.191. The summed E-state index contributed by atoms with van der Waals surface area (Å²) in [6.07, 6.45) is 5.32. The summed E-state index contributed by atoms with van der Waals surface area (Å²) in [7, 11) is 1.63. The summed E-state index contributed by atoms with van der Waals surface area (Å²) in [5.41, 5.74) is 5.39. The van der Waals surface area contributed by atoms with Gasteiger partial charge in [0, 0.05) is 32.6 Å². The van der Waals surface area contributed by atoms with Gasteiger partial charge in [0.2, 0.25) is 6.35 Å². The van der Waals surface area contributed by atoms with Crippen molar-refractivity contribution in [3.63, 3.8) is 0 Å². The van der Waals surface area contributed by atoms with Gasteiger partial charge in [-0.1, -0.05) is 0 Å². The van der Waals surface area contributed by atoms with Crippen LogP contribution in [0.3, 0.4) is 0 Å². The lowest BCUT2D eigenvalue weighted by atomic mass is 10.5. The molecular weight excluding hydrogens is 142 g/mol. The molecule has 4 heteroatoms. The first-order chi connectivity index (χ1) is 5.38. The van der Waals surface area contributed by atoms with Crippen molar-refractivity contribution in [2.24, 2.45) is 10.7 Å². The van der Waals surface area contributed by atoms with Crippen LogP contribution in [0, 0.1) is 0 Å². The number of hydrogen-bond donors (Lipinski definition) is 1. The van der Waals surface area contributed by atoms with Gasteiger partial charge in [0.1, 0.15) is 0 Å². The molecule has 0 bridgehead atoms. The van der Waals surface area contributed by atoms with Gasteiger partial charge in [-0.2, -0.15) is 0 Å². The van der Waals surface area contributed by atoms with Gasteiger partial charge in [-0.25, -0.2) is 4.99 Å². The Labute approximate surface area is 66.3 Å². The molecule has 0 aromatic carbocycles. The molecule has 0 fully saturated rings. The Kier molecular flexibility index (Phi) is 3.07. The zero-order chi connectivity index (χ0) is 8.10. The van der Waals surface area contributed by atoms with E-state index in [9.17, 15) is 0 Å². The maximum atomic E-state index is 5.39. The second-order valence-corrected chi connectivity index (χ2v) is 2.23. The maximum absolute atomic E-state index is 5.39. The van der Waals surface area contributed by atoms with Crippen molar-refractivity contribution in [2.75, 3.05) is 20.2 Å². The van der Waals surface area contributed by atoms with Crippen molar-refractivity contribution >= 4 is 6.21 Å². The monoisotopic (exact) mass is 155 g/mol. The first-order valence-electron chi connectivity index (χ1n) is 3.57. The van der Waals surface area contributed by atoms with Crippen LogP contribution in [0.4, 0.5) is 0 Å². The summed E-state index contributed by atoms with van der Waals surface area (Å²) < 4.78 is 5.08. The first kappa shape index (κ1) is 8.23. The van der Waals surface area contributed by atoms with Gasteiger partial charge >= 0.3 is 0 Å². The Bertz CT molecular complexity index is 167. The molecule has 0 saturated heterocycles. The van der Waals surface area contributed by atoms with Crippen molar-refractivity contribution in [3.8, 4) is 0 Å². The number of hydrogen-bond acceptors (Lipinski definition) is 4. The fourth-order valence-corrected chi connectivity index (χ4v) is 0.962. The van der Waals surface area contributed by atoms with E-state index >= 15 is 0 Å². The number of ether oxygens (including phenoxy) is 1. The molecular formula is C7H13N3O. The molecule has 1 heterocycles. The summed E-state index contributed by atoms with van der Waals surface area (Å²) in [5.74, 6) is 0. The quantitative estimate of drug-likeness (QED) is 0.612. The second-order valence-electron chi connectivity index (χ2n) is 2.23. The molecule has 1 aliphatic rings. The number of rotatable bonds is 3. The summed E-state index contributed by atoms with van der Waals surface area (Å²) in [5, 5.41) is 0. The zero-order valence-corrected chi connectivity index (χ0v) is 6.60. The summed E-state index contributed by atoms with van der Waals surface area (Å²) in [6, 6.07) is 0. The van der Waals surface area contributed by atoms with Crippen molar-refractivity contribution in [1.29, 1.82) is 0 Å². The van der Waals surface area contributed by atoms with Gasteiger partial charge in [0.15, 0.2) is 0 Å². The van der Waals surface area contributed by atoms with Gasteiger partial charge in [0.05, 0.1) is 0 Å². The van der Waals surface area contributed by atoms with Crippen LogP contribution >= 0.6 is 0 Å². The minimum Gasteiger partial charge on any atom is -0.342 e. The molecule has 1 rings (SSSR count). The average molecular weight is 155 g/mol. The molecule has 4 nitrogen and oxygen atoms in total. The minimum absolute atomic E-state index is 0.191. The molecule has 0 aromatic rings. The average Bonchev–Trinajstić information content (AvgIpc) is 2.06. The topological polar surface area (TPSA) is 50.8 Å². The third kappa shape index (κ3) is 2.03. The highest BCUT2D eigenvalue weighted by Crippen LogP contribution is 2.05.